The lowest BCUT2D eigenvalue weighted by molar-refractivity contribution is 0.269. The molecule has 1 unspecified atom stereocenters. The topological polar surface area (TPSA) is 53.3 Å². The van der Waals surface area contributed by atoms with Crippen LogP contribution in [0.1, 0.15) is 31.0 Å². The van der Waals surface area contributed by atoms with Crippen molar-refractivity contribution in [1.82, 2.24) is 15.1 Å². The largest absolute Gasteiger partial charge is 0.394 e. The maximum atomic E-state index is 9.30. The first-order chi connectivity index (χ1) is 8.54. The molecule has 5 nitrogen and oxygen atoms in total. The lowest BCUT2D eigenvalue weighted by Gasteiger charge is -2.26. The van der Waals surface area contributed by atoms with E-state index >= 15 is 0 Å². The van der Waals surface area contributed by atoms with Gasteiger partial charge in [0, 0.05) is 32.2 Å². The van der Waals surface area contributed by atoms with Crippen LogP contribution in [-0.2, 0) is 13.6 Å². The van der Waals surface area contributed by atoms with Crippen LogP contribution in [0.25, 0.3) is 0 Å². The van der Waals surface area contributed by atoms with Gasteiger partial charge in [-0.05, 0) is 26.7 Å². The zero-order valence-electron chi connectivity index (χ0n) is 11.8. The number of aliphatic hydroxyl groups excluding tert-OH is 1. The van der Waals surface area contributed by atoms with E-state index in [1.54, 1.807) is 0 Å². The Labute approximate surface area is 109 Å². The number of hydrogen-bond acceptors (Lipinski definition) is 4. The van der Waals surface area contributed by atoms with Gasteiger partial charge in [-0.1, -0.05) is 0 Å². The molecule has 0 spiro atoms. The molecule has 1 saturated carbocycles. The van der Waals surface area contributed by atoms with Crippen LogP contribution in [0, 0.1) is 6.92 Å². The van der Waals surface area contributed by atoms with Crippen LogP contribution in [-0.4, -0.2) is 40.6 Å². The highest BCUT2D eigenvalue weighted by Gasteiger charge is 2.24. The van der Waals surface area contributed by atoms with Gasteiger partial charge in [-0.2, -0.15) is 5.10 Å². The van der Waals surface area contributed by atoms with Crippen molar-refractivity contribution >= 4 is 5.82 Å². The van der Waals surface area contributed by atoms with Gasteiger partial charge in [0.1, 0.15) is 5.82 Å². The van der Waals surface area contributed by atoms with Gasteiger partial charge in [-0.15, -0.1) is 0 Å². The number of aromatic nitrogens is 2. The summed E-state index contributed by atoms with van der Waals surface area (Å²) in [7, 11) is 3.97. The van der Waals surface area contributed by atoms with Crippen molar-refractivity contribution in [1.29, 1.82) is 0 Å². The summed E-state index contributed by atoms with van der Waals surface area (Å²) in [4.78, 5) is 2.10. The van der Waals surface area contributed by atoms with Gasteiger partial charge in [0.25, 0.3) is 0 Å². The number of nitrogens with zero attached hydrogens (tertiary/aromatic N) is 3. The minimum atomic E-state index is 0.0967. The van der Waals surface area contributed by atoms with Crippen molar-refractivity contribution < 1.29 is 5.11 Å². The number of aliphatic hydroxyl groups is 1. The highest BCUT2D eigenvalue weighted by molar-refractivity contribution is 5.50. The van der Waals surface area contributed by atoms with Crippen LogP contribution in [0.2, 0.25) is 0 Å². The fourth-order valence-electron chi connectivity index (χ4n) is 2.20. The van der Waals surface area contributed by atoms with Gasteiger partial charge >= 0.3 is 0 Å². The molecular formula is C13H24N4O. The summed E-state index contributed by atoms with van der Waals surface area (Å²) in [6.45, 7) is 5.07. The van der Waals surface area contributed by atoms with Gasteiger partial charge in [0.15, 0.2) is 0 Å². The summed E-state index contributed by atoms with van der Waals surface area (Å²) in [6, 6.07) is 0.789. The molecular weight excluding hydrogens is 228 g/mol. The highest BCUT2D eigenvalue weighted by Crippen LogP contribution is 2.26. The smallest absolute Gasteiger partial charge is 0.131 e. The molecule has 1 aliphatic rings. The molecule has 0 aromatic carbocycles. The average molecular weight is 252 g/mol. The molecule has 0 bridgehead atoms. The van der Waals surface area contributed by atoms with E-state index in [9.17, 15) is 5.11 Å². The Morgan fingerprint density at radius 3 is 2.78 bits per heavy atom. The first-order valence-electron chi connectivity index (χ1n) is 6.64. The van der Waals surface area contributed by atoms with Crippen molar-refractivity contribution in [2.24, 2.45) is 7.05 Å². The van der Waals surface area contributed by atoms with Crippen LogP contribution in [0.3, 0.4) is 0 Å². The number of anilines is 1. The first-order valence-corrected chi connectivity index (χ1v) is 6.64. The maximum absolute atomic E-state index is 9.30. The minimum absolute atomic E-state index is 0.0967. The number of nitrogens with one attached hydrogen (secondary N) is 1. The van der Waals surface area contributed by atoms with E-state index in [1.165, 1.54) is 18.4 Å². The molecule has 1 fully saturated rings. The lowest BCUT2D eigenvalue weighted by atomic mass is 10.2. The second-order valence-electron chi connectivity index (χ2n) is 5.31. The second-order valence-corrected chi connectivity index (χ2v) is 5.31. The van der Waals surface area contributed by atoms with Crippen LogP contribution in [0.15, 0.2) is 0 Å². The van der Waals surface area contributed by atoms with Gasteiger partial charge in [0.2, 0.25) is 0 Å². The molecule has 1 aromatic rings. The quantitative estimate of drug-likeness (QED) is 0.786. The Balaban J connectivity index is 2.20. The summed E-state index contributed by atoms with van der Waals surface area (Å²) >= 11 is 0. The summed E-state index contributed by atoms with van der Waals surface area (Å²) in [6.07, 6.45) is 2.58. The second kappa shape index (κ2) is 5.28. The molecule has 0 amide bonds. The molecule has 1 aromatic heterocycles. The Bertz CT molecular complexity index is 411. The average Bonchev–Trinajstić information content (AvgIpc) is 3.11. The summed E-state index contributed by atoms with van der Waals surface area (Å²) in [5.74, 6) is 1.10. The van der Waals surface area contributed by atoms with E-state index < -0.39 is 0 Å². The minimum Gasteiger partial charge on any atom is -0.394 e. The molecule has 1 atom stereocenters. The van der Waals surface area contributed by atoms with Gasteiger partial charge in [0.05, 0.1) is 18.3 Å². The predicted octanol–water partition coefficient (Wildman–Crippen LogP) is 0.798. The Kier molecular flexibility index (Phi) is 3.92. The standard InChI is InChI=1S/C13H24N4O/c1-9(8-18)16(3)13-12(7-14-11-5-6-11)10(2)15-17(13)4/h9,11,14,18H,5-8H2,1-4H3. The Morgan fingerprint density at radius 2 is 2.22 bits per heavy atom. The molecule has 1 heterocycles. The van der Waals surface area contributed by atoms with E-state index in [0.717, 1.165) is 18.1 Å². The van der Waals surface area contributed by atoms with Crippen molar-refractivity contribution in [2.75, 3.05) is 18.6 Å². The molecule has 1 aliphatic carbocycles. The van der Waals surface area contributed by atoms with E-state index in [0.29, 0.717) is 6.04 Å². The Hall–Kier alpha value is -1.07. The fourth-order valence-corrected chi connectivity index (χ4v) is 2.20. The Morgan fingerprint density at radius 1 is 1.56 bits per heavy atom. The van der Waals surface area contributed by atoms with Gasteiger partial charge in [-0.3, -0.25) is 4.68 Å². The van der Waals surface area contributed by atoms with E-state index in [2.05, 4.69) is 15.3 Å². The molecule has 102 valence electrons. The number of likely N-dealkylation sites (N-methyl/N-ethyl adjacent to an activating group) is 1. The molecule has 5 heteroatoms. The normalized spacial score (nSPS) is 16.9. The lowest BCUT2D eigenvalue weighted by Crippen LogP contribution is -2.34. The number of aryl methyl sites for hydroxylation is 2. The number of rotatable bonds is 6. The highest BCUT2D eigenvalue weighted by atomic mass is 16.3. The van der Waals surface area contributed by atoms with Gasteiger partial charge < -0.3 is 15.3 Å². The van der Waals surface area contributed by atoms with E-state index in [4.69, 9.17) is 0 Å². The first kappa shape index (κ1) is 13.4. The maximum Gasteiger partial charge on any atom is 0.131 e. The summed E-state index contributed by atoms with van der Waals surface area (Å²) in [5.41, 5.74) is 2.31. The molecule has 0 radical (unpaired) electrons. The third-order valence-electron chi connectivity index (χ3n) is 3.72. The molecule has 0 saturated heterocycles. The zero-order chi connectivity index (χ0) is 13.3. The third-order valence-corrected chi connectivity index (χ3v) is 3.72. The SMILES string of the molecule is Cc1nn(C)c(N(C)C(C)CO)c1CNC1CC1. The van der Waals surface area contributed by atoms with Crippen molar-refractivity contribution in [3.8, 4) is 0 Å². The molecule has 18 heavy (non-hydrogen) atoms. The summed E-state index contributed by atoms with van der Waals surface area (Å²) in [5, 5.41) is 17.3. The van der Waals surface area contributed by atoms with Crippen LogP contribution < -0.4 is 10.2 Å². The van der Waals surface area contributed by atoms with Crippen LogP contribution >= 0.6 is 0 Å². The fraction of sp³-hybridized carbons (Fsp3) is 0.769. The third kappa shape index (κ3) is 2.67. The van der Waals surface area contributed by atoms with E-state index in [1.807, 2.05) is 32.6 Å². The van der Waals surface area contributed by atoms with Crippen molar-refractivity contribution in [3.05, 3.63) is 11.3 Å². The zero-order valence-corrected chi connectivity index (χ0v) is 11.8. The van der Waals surface area contributed by atoms with E-state index in [-0.39, 0.29) is 12.6 Å². The monoisotopic (exact) mass is 252 g/mol. The van der Waals surface area contributed by atoms with Crippen molar-refractivity contribution in [3.63, 3.8) is 0 Å². The van der Waals surface area contributed by atoms with Gasteiger partial charge in [-0.25, -0.2) is 0 Å². The van der Waals surface area contributed by atoms with Crippen molar-refractivity contribution in [2.45, 2.75) is 45.3 Å². The molecule has 2 rings (SSSR count). The van der Waals surface area contributed by atoms with Crippen LogP contribution in [0.4, 0.5) is 5.82 Å². The molecule has 2 N–H and O–H groups in total. The number of hydrogen-bond donors (Lipinski definition) is 2. The molecule has 0 aliphatic heterocycles. The predicted molar refractivity (Wildman–Crippen MR) is 72.8 cm³/mol. The summed E-state index contributed by atoms with van der Waals surface area (Å²) < 4.78 is 1.91. The van der Waals surface area contributed by atoms with Crippen LogP contribution in [0.5, 0.6) is 0 Å².